The number of aliphatic hydroxyl groups excluding tert-OH is 1. The second-order valence-electron chi connectivity index (χ2n) is 4.34. The van der Waals surface area contributed by atoms with Gasteiger partial charge in [-0.15, -0.1) is 0 Å². The third-order valence-electron chi connectivity index (χ3n) is 2.78. The highest BCUT2D eigenvalue weighted by Crippen LogP contribution is 2.34. The first kappa shape index (κ1) is 15.4. The Kier molecular flexibility index (Phi) is 4.54. The van der Waals surface area contributed by atoms with E-state index in [0.29, 0.717) is 5.56 Å². The molecule has 0 saturated heterocycles. The van der Waals surface area contributed by atoms with Crippen LogP contribution in [0, 0.1) is 15.9 Å². The summed E-state index contributed by atoms with van der Waals surface area (Å²) in [5.41, 5.74) is 0.104. The summed E-state index contributed by atoms with van der Waals surface area (Å²) in [6.45, 7) is 1.50. The van der Waals surface area contributed by atoms with Gasteiger partial charge in [0.2, 0.25) is 5.75 Å². The largest absolute Gasteiger partial charge is 0.450 e. The van der Waals surface area contributed by atoms with Gasteiger partial charge in [0.05, 0.1) is 15.5 Å². The summed E-state index contributed by atoms with van der Waals surface area (Å²) in [7, 11) is 0. The maximum atomic E-state index is 13.4. The molecule has 0 aromatic heterocycles. The molecule has 0 radical (unpaired) electrons. The highest BCUT2D eigenvalue weighted by Gasteiger charge is 2.18. The molecule has 0 fully saturated rings. The second-order valence-corrected chi connectivity index (χ2v) is 5.19. The zero-order valence-corrected chi connectivity index (χ0v) is 12.5. The van der Waals surface area contributed by atoms with Gasteiger partial charge in [0.1, 0.15) is 11.6 Å². The third-order valence-corrected chi connectivity index (χ3v) is 3.42. The Morgan fingerprint density at radius 3 is 2.62 bits per heavy atom. The van der Waals surface area contributed by atoms with Crippen LogP contribution in [0.2, 0.25) is 0 Å². The number of rotatable bonds is 4. The number of nitrogens with zero attached hydrogens (tertiary/aromatic N) is 1. The number of nitro groups is 1. The van der Waals surface area contributed by atoms with Crippen molar-refractivity contribution in [1.82, 2.24) is 0 Å². The molecule has 0 aliphatic rings. The molecule has 2 rings (SSSR count). The van der Waals surface area contributed by atoms with E-state index in [1.165, 1.54) is 37.3 Å². The lowest BCUT2D eigenvalue weighted by Crippen LogP contribution is -1.97. The van der Waals surface area contributed by atoms with Crippen molar-refractivity contribution >= 4 is 21.6 Å². The van der Waals surface area contributed by atoms with Crippen molar-refractivity contribution in [2.45, 2.75) is 13.0 Å². The van der Waals surface area contributed by atoms with Crippen LogP contribution in [0.25, 0.3) is 0 Å². The molecule has 0 aliphatic carbocycles. The molecule has 1 atom stereocenters. The maximum absolute atomic E-state index is 13.4. The van der Waals surface area contributed by atoms with E-state index in [2.05, 4.69) is 15.9 Å². The molecule has 2 aromatic carbocycles. The molecular weight excluding hydrogens is 345 g/mol. The lowest BCUT2D eigenvalue weighted by atomic mass is 10.1. The van der Waals surface area contributed by atoms with Gasteiger partial charge in [0.25, 0.3) is 0 Å². The van der Waals surface area contributed by atoms with E-state index >= 15 is 0 Å². The van der Waals surface area contributed by atoms with Crippen molar-refractivity contribution in [3.63, 3.8) is 0 Å². The molecule has 0 aliphatic heterocycles. The van der Waals surface area contributed by atoms with E-state index in [1.54, 1.807) is 0 Å². The topological polar surface area (TPSA) is 72.6 Å². The Bertz CT molecular complexity index is 691. The van der Waals surface area contributed by atoms with Crippen LogP contribution < -0.4 is 4.74 Å². The normalized spacial score (nSPS) is 12.0. The van der Waals surface area contributed by atoms with Crippen LogP contribution in [0.4, 0.5) is 10.1 Å². The van der Waals surface area contributed by atoms with Crippen LogP contribution in [0.3, 0.4) is 0 Å². The van der Waals surface area contributed by atoms with Crippen LogP contribution in [0.5, 0.6) is 11.5 Å². The van der Waals surface area contributed by atoms with E-state index < -0.39 is 16.8 Å². The van der Waals surface area contributed by atoms with E-state index in [9.17, 15) is 19.6 Å². The van der Waals surface area contributed by atoms with Crippen molar-refractivity contribution in [2.75, 3.05) is 0 Å². The van der Waals surface area contributed by atoms with Gasteiger partial charge in [-0.25, -0.2) is 4.39 Å². The van der Waals surface area contributed by atoms with Crippen molar-refractivity contribution in [2.24, 2.45) is 0 Å². The molecule has 7 heteroatoms. The SMILES string of the molecule is CC(O)c1ccc(Oc2ccc(Br)c(F)c2)c([N+](=O)[O-])c1. The summed E-state index contributed by atoms with van der Waals surface area (Å²) >= 11 is 3.01. The van der Waals surface area contributed by atoms with Crippen molar-refractivity contribution in [3.8, 4) is 11.5 Å². The molecule has 0 bridgehead atoms. The quantitative estimate of drug-likeness (QED) is 0.653. The molecule has 0 amide bonds. The first-order chi connectivity index (χ1) is 9.88. The Morgan fingerprint density at radius 2 is 2.05 bits per heavy atom. The number of nitro benzene ring substituents is 1. The summed E-state index contributed by atoms with van der Waals surface area (Å²) in [4.78, 5) is 10.5. The van der Waals surface area contributed by atoms with Crippen molar-refractivity contribution in [3.05, 3.63) is 62.4 Å². The molecule has 0 heterocycles. The number of halogens is 2. The van der Waals surface area contributed by atoms with Crippen LogP contribution >= 0.6 is 15.9 Å². The molecule has 1 unspecified atom stereocenters. The summed E-state index contributed by atoms with van der Waals surface area (Å²) in [5, 5.41) is 20.5. The van der Waals surface area contributed by atoms with Gasteiger partial charge >= 0.3 is 5.69 Å². The molecular formula is C14H11BrFNO4. The number of hydrogen-bond acceptors (Lipinski definition) is 4. The van der Waals surface area contributed by atoms with Crippen molar-refractivity contribution < 1.29 is 19.2 Å². The summed E-state index contributed by atoms with van der Waals surface area (Å²) < 4.78 is 19.0. The van der Waals surface area contributed by atoms with Gasteiger partial charge in [0, 0.05) is 12.1 Å². The van der Waals surface area contributed by atoms with Crippen LogP contribution in [-0.2, 0) is 0 Å². The van der Waals surface area contributed by atoms with Crippen molar-refractivity contribution in [1.29, 1.82) is 0 Å². The first-order valence-electron chi connectivity index (χ1n) is 5.98. The Balaban J connectivity index is 2.39. The molecule has 0 saturated carbocycles. The molecule has 21 heavy (non-hydrogen) atoms. The number of aliphatic hydroxyl groups is 1. The minimum atomic E-state index is -0.831. The fourth-order valence-corrected chi connectivity index (χ4v) is 1.94. The van der Waals surface area contributed by atoms with Gasteiger partial charge in [-0.1, -0.05) is 6.07 Å². The molecule has 5 nitrogen and oxygen atoms in total. The second kappa shape index (κ2) is 6.19. The lowest BCUT2D eigenvalue weighted by Gasteiger charge is -2.09. The Labute approximate surface area is 128 Å². The zero-order chi connectivity index (χ0) is 15.6. The minimum Gasteiger partial charge on any atom is -0.450 e. The minimum absolute atomic E-state index is 0.0221. The standard InChI is InChI=1S/C14H11BrFNO4/c1-8(18)9-2-5-14(13(6-9)17(19)20)21-10-3-4-11(15)12(16)7-10/h2-8,18H,1H3. The van der Waals surface area contributed by atoms with E-state index in [0.717, 1.165) is 6.07 Å². The summed E-state index contributed by atoms with van der Waals surface area (Å²) in [5.74, 6) is -0.412. The fourth-order valence-electron chi connectivity index (χ4n) is 1.69. The van der Waals surface area contributed by atoms with Crippen LogP contribution in [0.1, 0.15) is 18.6 Å². The van der Waals surface area contributed by atoms with Gasteiger partial charge in [-0.05, 0) is 46.6 Å². The van der Waals surface area contributed by atoms with E-state index in [-0.39, 0.29) is 21.7 Å². The smallest absolute Gasteiger partial charge is 0.311 e. The zero-order valence-electron chi connectivity index (χ0n) is 10.9. The van der Waals surface area contributed by atoms with Gasteiger partial charge in [-0.3, -0.25) is 10.1 Å². The fraction of sp³-hybridized carbons (Fsp3) is 0.143. The van der Waals surface area contributed by atoms with Crippen LogP contribution in [0.15, 0.2) is 40.9 Å². The van der Waals surface area contributed by atoms with Gasteiger partial charge < -0.3 is 9.84 Å². The number of benzene rings is 2. The predicted molar refractivity (Wildman–Crippen MR) is 77.9 cm³/mol. The highest BCUT2D eigenvalue weighted by atomic mass is 79.9. The van der Waals surface area contributed by atoms with Gasteiger partial charge in [-0.2, -0.15) is 0 Å². The van der Waals surface area contributed by atoms with Crippen LogP contribution in [-0.4, -0.2) is 10.0 Å². The average Bonchev–Trinajstić information content (AvgIpc) is 2.43. The maximum Gasteiger partial charge on any atom is 0.311 e. The highest BCUT2D eigenvalue weighted by molar-refractivity contribution is 9.10. The molecule has 110 valence electrons. The predicted octanol–water partition coefficient (Wildman–Crippen LogP) is 4.34. The van der Waals surface area contributed by atoms with E-state index in [1.807, 2.05) is 0 Å². The van der Waals surface area contributed by atoms with Gasteiger partial charge in [0.15, 0.2) is 0 Å². The Morgan fingerprint density at radius 1 is 1.33 bits per heavy atom. The third kappa shape index (κ3) is 3.56. The van der Waals surface area contributed by atoms with E-state index in [4.69, 9.17) is 4.74 Å². The average molecular weight is 356 g/mol. The summed E-state index contributed by atoms with van der Waals surface area (Å²) in [6, 6.07) is 8.17. The summed E-state index contributed by atoms with van der Waals surface area (Å²) in [6.07, 6.45) is -0.831. The Hall–Kier alpha value is -1.99. The number of ether oxygens (including phenoxy) is 1. The monoisotopic (exact) mass is 355 g/mol. The number of hydrogen-bond donors (Lipinski definition) is 1. The molecule has 1 N–H and O–H groups in total. The first-order valence-corrected chi connectivity index (χ1v) is 6.77. The molecule has 2 aromatic rings. The lowest BCUT2D eigenvalue weighted by molar-refractivity contribution is -0.385. The molecule has 0 spiro atoms.